The first kappa shape index (κ1) is 15.9. The maximum Gasteiger partial charge on any atom is 0.261 e. The molecule has 1 heterocycles. The highest BCUT2D eigenvalue weighted by molar-refractivity contribution is 7.21. The first-order valence-corrected chi connectivity index (χ1v) is 6.62. The van der Waals surface area contributed by atoms with Crippen LogP contribution in [0.4, 0.5) is 4.39 Å². The number of carbonyl (C=O) groups is 1. The van der Waals surface area contributed by atoms with Crippen LogP contribution in [0.3, 0.4) is 0 Å². The predicted octanol–water partition coefficient (Wildman–Crippen LogP) is 2.85. The van der Waals surface area contributed by atoms with Crippen LogP contribution in [-0.2, 0) is 0 Å². The van der Waals surface area contributed by atoms with Gasteiger partial charge in [0, 0.05) is 11.2 Å². The normalized spacial score (nSPS) is 10.3. The molecule has 0 saturated carbocycles. The molecule has 3 N–H and O–H groups in total. The molecule has 0 radical (unpaired) electrons. The van der Waals surface area contributed by atoms with Gasteiger partial charge in [-0.1, -0.05) is 0 Å². The Kier molecular flexibility index (Phi) is 5.72. The van der Waals surface area contributed by atoms with Crippen LogP contribution in [0.25, 0.3) is 10.1 Å². The van der Waals surface area contributed by atoms with E-state index in [1.165, 1.54) is 23.5 Å². The van der Waals surface area contributed by atoms with Crippen LogP contribution < -0.4 is 11.1 Å². The topological polar surface area (TPSA) is 55.1 Å². The van der Waals surface area contributed by atoms with E-state index in [-0.39, 0.29) is 24.1 Å². The molecule has 0 fully saturated rings. The van der Waals surface area contributed by atoms with Gasteiger partial charge in [0.25, 0.3) is 5.91 Å². The van der Waals surface area contributed by atoms with E-state index in [0.29, 0.717) is 18.0 Å². The van der Waals surface area contributed by atoms with Crippen LogP contribution in [-0.4, -0.2) is 19.0 Å². The van der Waals surface area contributed by atoms with Gasteiger partial charge in [-0.05, 0) is 49.0 Å². The molecule has 1 aromatic carbocycles. The third kappa shape index (κ3) is 3.43. The molecule has 0 atom stereocenters. The number of rotatable bonds is 4. The lowest BCUT2D eigenvalue weighted by Crippen LogP contribution is -2.25. The number of halogens is 2. The second-order valence-electron chi connectivity index (χ2n) is 4.09. The molecule has 0 spiro atoms. The zero-order valence-electron chi connectivity index (χ0n) is 10.5. The minimum absolute atomic E-state index is 0. The summed E-state index contributed by atoms with van der Waals surface area (Å²) < 4.78 is 14.1. The predicted molar refractivity (Wildman–Crippen MR) is 79.8 cm³/mol. The zero-order chi connectivity index (χ0) is 13.1. The molecule has 3 nitrogen and oxygen atoms in total. The molecule has 0 aliphatic heterocycles. The van der Waals surface area contributed by atoms with Gasteiger partial charge in [-0.3, -0.25) is 4.79 Å². The fourth-order valence-corrected chi connectivity index (χ4v) is 2.90. The van der Waals surface area contributed by atoms with E-state index in [1.807, 2.05) is 6.92 Å². The Bertz CT molecular complexity index is 585. The van der Waals surface area contributed by atoms with Crippen molar-refractivity contribution in [1.29, 1.82) is 0 Å². The Morgan fingerprint density at radius 3 is 2.89 bits per heavy atom. The summed E-state index contributed by atoms with van der Waals surface area (Å²) in [6, 6.07) is 4.59. The Morgan fingerprint density at radius 2 is 2.21 bits per heavy atom. The van der Waals surface area contributed by atoms with Crippen molar-refractivity contribution in [1.82, 2.24) is 5.32 Å². The average molecular weight is 303 g/mol. The van der Waals surface area contributed by atoms with Crippen molar-refractivity contribution in [3.8, 4) is 0 Å². The first-order chi connectivity index (χ1) is 8.63. The van der Waals surface area contributed by atoms with Gasteiger partial charge in [0.15, 0.2) is 0 Å². The Labute approximate surface area is 121 Å². The van der Waals surface area contributed by atoms with Gasteiger partial charge in [-0.25, -0.2) is 4.39 Å². The third-order valence-corrected chi connectivity index (χ3v) is 4.04. The molecule has 19 heavy (non-hydrogen) atoms. The summed E-state index contributed by atoms with van der Waals surface area (Å²) in [6.45, 7) is 2.96. The number of carbonyl (C=O) groups excluding carboxylic acids is 1. The second kappa shape index (κ2) is 6.84. The van der Waals surface area contributed by atoms with Gasteiger partial charge in [0.2, 0.25) is 0 Å². The Morgan fingerprint density at radius 1 is 1.47 bits per heavy atom. The van der Waals surface area contributed by atoms with Gasteiger partial charge in [0.05, 0.1) is 4.88 Å². The van der Waals surface area contributed by atoms with E-state index < -0.39 is 0 Å². The van der Waals surface area contributed by atoms with Crippen LogP contribution in [0, 0.1) is 12.7 Å². The van der Waals surface area contributed by atoms with E-state index >= 15 is 0 Å². The lowest BCUT2D eigenvalue weighted by Gasteiger charge is -2.02. The van der Waals surface area contributed by atoms with Crippen molar-refractivity contribution < 1.29 is 9.18 Å². The smallest absolute Gasteiger partial charge is 0.261 e. The van der Waals surface area contributed by atoms with Crippen LogP contribution in [0.5, 0.6) is 0 Å². The lowest BCUT2D eigenvalue weighted by atomic mass is 10.1. The number of hydrogen-bond donors (Lipinski definition) is 2. The molecule has 6 heteroatoms. The summed E-state index contributed by atoms with van der Waals surface area (Å²) in [4.78, 5) is 12.6. The van der Waals surface area contributed by atoms with E-state index in [4.69, 9.17) is 5.73 Å². The fourth-order valence-electron chi connectivity index (χ4n) is 1.79. The quantitative estimate of drug-likeness (QED) is 0.853. The van der Waals surface area contributed by atoms with Crippen LogP contribution >= 0.6 is 23.7 Å². The number of thiophene rings is 1. The molecular formula is C13H16ClFN2OS. The highest BCUT2D eigenvalue weighted by Crippen LogP contribution is 2.31. The average Bonchev–Trinajstić information content (AvgIpc) is 2.67. The van der Waals surface area contributed by atoms with Gasteiger partial charge in [-0.2, -0.15) is 0 Å². The molecule has 0 bridgehead atoms. The molecule has 1 amide bonds. The fraction of sp³-hybridized carbons (Fsp3) is 0.308. The van der Waals surface area contributed by atoms with Crippen molar-refractivity contribution in [2.24, 2.45) is 5.73 Å². The summed E-state index contributed by atoms with van der Waals surface area (Å²) in [5, 5.41) is 3.62. The van der Waals surface area contributed by atoms with Crippen molar-refractivity contribution in [2.45, 2.75) is 13.3 Å². The largest absolute Gasteiger partial charge is 0.351 e. The standard InChI is InChI=1S/C13H15FN2OS.ClH/c1-8-10-7-9(14)3-4-11(10)18-12(8)13(17)16-6-2-5-15;/h3-4,7H,2,5-6,15H2,1H3,(H,16,17);1H. The van der Waals surface area contributed by atoms with Crippen molar-refractivity contribution in [3.63, 3.8) is 0 Å². The minimum atomic E-state index is -0.279. The van der Waals surface area contributed by atoms with Crippen LogP contribution in [0.15, 0.2) is 18.2 Å². The van der Waals surface area contributed by atoms with Crippen LogP contribution in [0.1, 0.15) is 21.7 Å². The number of benzene rings is 1. The maximum atomic E-state index is 13.2. The van der Waals surface area contributed by atoms with Gasteiger partial charge >= 0.3 is 0 Å². The summed E-state index contributed by atoms with van der Waals surface area (Å²) in [5.41, 5.74) is 6.20. The Hall–Kier alpha value is -1.17. The molecule has 1 aromatic heterocycles. The maximum absolute atomic E-state index is 13.2. The summed E-state index contributed by atoms with van der Waals surface area (Å²) in [5.74, 6) is -0.388. The van der Waals surface area contributed by atoms with E-state index in [2.05, 4.69) is 5.32 Å². The summed E-state index contributed by atoms with van der Waals surface area (Å²) in [6.07, 6.45) is 0.754. The van der Waals surface area contributed by atoms with E-state index in [9.17, 15) is 9.18 Å². The van der Waals surface area contributed by atoms with E-state index in [0.717, 1.165) is 22.1 Å². The number of nitrogens with two attached hydrogens (primary N) is 1. The molecule has 2 rings (SSSR count). The number of fused-ring (bicyclic) bond motifs is 1. The zero-order valence-corrected chi connectivity index (χ0v) is 12.2. The molecule has 104 valence electrons. The third-order valence-electron chi connectivity index (χ3n) is 2.77. The summed E-state index contributed by atoms with van der Waals surface area (Å²) >= 11 is 1.39. The molecule has 0 aliphatic rings. The van der Waals surface area contributed by atoms with E-state index in [1.54, 1.807) is 6.07 Å². The highest BCUT2D eigenvalue weighted by atomic mass is 35.5. The molecule has 0 saturated heterocycles. The van der Waals surface area contributed by atoms with Crippen molar-refractivity contribution >= 4 is 39.7 Å². The Balaban J connectivity index is 0.00000180. The minimum Gasteiger partial charge on any atom is -0.351 e. The van der Waals surface area contributed by atoms with Gasteiger partial charge in [-0.15, -0.1) is 23.7 Å². The number of aryl methyl sites for hydroxylation is 1. The molecular weight excluding hydrogens is 287 g/mol. The highest BCUT2D eigenvalue weighted by Gasteiger charge is 2.15. The number of amides is 1. The lowest BCUT2D eigenvalue weighted by molar-refractivity contribution is 0.0957. The first-order valence-electron chi connectivity index (χ1n) is 5.80. The monoisotopic (exact) mass is 302 g/mol. The van der Waals surface area contributed by atoms with Crippen molar-refractivity contribution in [2.75, 3.05) is 13.1 Å². The van der Waals surface area contributed by atoms with Gasteiger partial charge < -0.3 is 11.1 Å². The number of hydrogen-bond acceptors (Lipinski definition) is 3. The molecule has 2 aromatic rings. The molecule has 0 unspecified atom stereocenters. The number of nitrogens with one attached hydrogen (secondary N) is 1. The summed E-state index contributed by atoms with van der Waals surface area (Å²) in [7, 11) is 0. The van der Waals surface area contributed by atoms with Crippen molar-refractivity contribution in [3.05, 3.63) is 34.5 Å². The second-order valence-corrected chi connectivity index (χ2v) is 5.15. The molecule has 0 aliphatic carbocycles. The van der Waals surface area contributed by atoms with Crippen LogP contribution in [0.2, 0.25) is 0 Å². The SMILES string of the molecule is Cc1c(C(=O)NCCCN)sc2ccc(F)cc12.Cl. The van der Waals surface area contributed by atoms with Gasteiger partial charge in [0.1, 0.15) is 5.82 Å².